The second-order valence-electron chi connectivity index (χ2n) is 8.19. The fourth-order valence-electron chi connectivity index (χ4n) is 4.21. The summed E-state index contributed by atoms with van der Waals surface area (Å²) in [5.41, 5.74) is 2.48. The first-order valence-electron chi connectivity index (χ1n) is 11.0. The zero-order valence-electron chi connectivity index (χ0n) is 18.5. The number of halogens is 1. The van der Waals surface area contributed by atoms with Gasteiger partial charge in [0, 0.05) is 25.6 Å². The topological polar surface area (TPSA) is 91.3 Å². The molecule has 2 amide bonds. The number of carbonyl (C=O) groups is 2. The molecule has 0 radical (unpaired) electrons. The lowest BCUT2D eigenvalue weighted by molar-refractivity contribution is -0.119. The quantitative estimate of drug-likeness (QED) is 0.663. The smallest absolute Gasteiger partial charge is 0.414 e. The predicted molar refractivity (Wildman–Crippen MR) is 120 cm³/mol. The Kier molecular flexibility index (Phi) is 7.22. The summed E-state index contributed by atoms with van der Waals surface area (Å²) < 4.78 is 25.6. The minimum absolute atomic E-state index is 0.00271. The summed E-state index contributed by atoms with van der Waals surface area (Å²) in [4.78, 5) is 26.8. The molecule has 2 saturated heterocycles. The Morgan fingerprint density at radius 2 is 1.94 bits per heavy atom. The maximum absolute atomic E-state index is 15.0. The fourth-order valence-corrected chi connectivity index (χ4v) is 4.21. The number of anilines is 1. The van der Waals surface area contributed by atoms with Crippen LogP contribution in [0.2, 0.25) is 0 Å². The van der Waals surface area contributed by atoms with Crippen LogP contribution >= 0.6 is 0 Å². The first kappa shape index (κ1) is 23.2. The second-order valence-corrected chi connectivity index (χ2v) is 8.19. The van der Waals surface area contributed by atoms with Crippen LogP contribution in [0.3, 0.4) is 0 Å². The van der Waals surface area contributed by atoms with Gasteiger partial charge < -0.3 is 19.9 Å². The number of amides is 2. The van der Waals surface area contributed by atoms with Gasteiger partial charge in [0.1, 0.15) is 11.9 Å². The van der Waals surface area contributed by atoms with E-state index in [9.17, 15) is 19.1 Å². The number of rotatable bonds is 7. The summed E-state index contributed by atoms with van der Waals surface area (Å²) in [7, 11) is 0. The highest BCUT2D eigenvalue weighted by Gasteiger charge is 2.32. The number of ether oxygens (including phenoxy) is 2. The fraction of sp³-hybridized carbons (Fsp3) is 0.417. The molecule has 0 bridgehead atoms. The van der Waals surface area contributed by atoms with Gasteiger partial charge in [-0.15, -0.1) is 0 Å². The SMILES string of the molecule is CC(=O)NCC1CN(c2ccc(-c3ccc(C(CO)N4CCOCC4)cc3)c(F)c2)C(=O)O1. The van der Waals surface area contributed by atoms with Crippen molar-refractivity contribution in [2.75, 3.05) is 50.9 Å². The minimum atomic E-state index is -0.569. The Morgan fingerprint density at radius 3 is 2.58 bits per heavy atom. The molecule has 8 nitrogen and oxygen atoms in total. The van der Waals surface area contributed by atoms with Crippen molar-refractivity contribution < 1.29 is 28.6 Å². The van der Waals surface area contributed by atoms with E-state index in [4.69, 9.17) is 9.47 Å². The van der Waals surface area contributed by atoms with Gasteiger partial charge in [0.05, 0.1) is 44.6 Å². The van der Waals surface area contributed by atoms with Crippen molar-refractivity contribution >= 4 is 17.7 Å². The van der Waals surface area contributed by atoms with Crippen molar-refractivity contribution in [2.45, 2.75) is 19.1 Å². The molecule has 0 aromatic heterocycles. The van der Waals surface area contributed by atoms with Gasteiger partial charge in [-0.05, 0) is 29.3 Å². The summed E-state index contributed by atoms with van der Waals surface area (Å²) >= 11 is 0. The molecule has 0 saturated carbocycles. The van der Waals surface area contributed by atoms with E-state index in [0.717, 1.165) is 18.7 Å². The first-order chi connectivity index (χ1) is 16.0. The lowest BCUT2D eigenvalue weighted by Crippen LogP contribution is -2.40. The average Bonchev–Trinajstić information content (AvgIpc) is 3.20. The normalized spacial score (nSPS) is 19.9. The number of hydrogen-bond donors (Lipinski definition) is 2. The highest BCUT2D eigenvalue weighted by atomic mass is 19.1. The molecule has 2 heterocycles. The number of benzene rings is 2. The third kappa shape index (κ3) is 5.32. The number of hydrogen-bond acceptors (Lipinski definition) is 6. The zero-order chi connectivity index (χ0) is 23.4. The molecule has 2 atom stereocenters. The van der Waals surface area contributed by atoms with Gasteiger partial charge in [-0.3, -0.25) is 14.6 Å². The number of cyclic esters (lactones) is 1. The van der Waals surface area contributed by atoms with E-state index < -0.39 is 18.0 Å². The number of carbonyl (C=O) groups excluding carboxylic acids is 2. The van der Waals surface area contributed by atoms with Crippen LogP contribution in [0.4, 0.5) is 14.9 Å². The van der Waals surface area contributed by atoms with Crippen LogP contribution in [0, 0.1) is 5.82 Å². The first-order valence-corrected chi connectivity index (χ1v) is 11.0. The minimum Gasteiger partial charge on any atom is -0.442 e. The molecule has 33 heavy (non-hydrogen) atoms. The molecule has 2 fully saturated rings. The number of morpholine rings is 1. The van der Waals surface area contributed by atoms with Gasteiger partial charge >= 0.3 is 6.09 Å². The van der Waals surface area contributed by atoms with Gasteiger partial charge in [-0.2, -0.15) is 0 Å². The third-order valence-electron chi connectivity index (χ3n) is 5.98. The van der Waals surface area contributed by atoms with Crippen molar-refractivity contribution in [3.05, 3.63) is 53.8 Å². The van der Waals surface area contributed by atoms with Crippen molar-refractivity contribution in [2.24, 2.45) is 0 Å². The molecular formula is C24H28FN3O5. The molecule has 2 aliphatic rings. The maximum Gasteiger partial charge on any atom is 0.414 e. The third-order valence-corrected chi connectivity index (χ3v) is 5.98. The van der Waals surface area contributed by atoms with Crippen molar-refractivity contribution in [1.29, 1.82) is 0 Å². The Bertz CT molecular complexity index is 994. The second kappa shape index (κ2) is 10.3. The summed E-state index contributed by atoms with van der Waals surface area (Å²) in [5, 5.41) is 12.5. The average molecular weight is 458 g/mol. The zero-order valence-corrected chi connectivity index (χ0v) is 18.5. The monoisotopic (exact) mass is 457 g/mol. The summed E-state index contributed by atoms with van der Waals surface area (Å²) in [6.45, 7) is 4.64. The van der Waals surface area contributed by atoms with E-state index in [1.165, 1.54) is 17.9 Å². The Labute approximate surface area is 191 Å². The molecule has 0 aliphatic carbocycles. The number of aliphatic hydroxyl groups excluding tert-OH is 1. The lowest BCUT2D eigenvalue weighted by Gasteiger charge is -2.33. The van der Waals surface area contributed by atoms with E-state index in [1.807, 2.05) is 24.3 Å². The maximum atomic E-state index is 15.0. The molecule has 2 aliphatic heterocycles. The molecular weight excluding hydrogens is 429 g/mol. The van der Waals surface area contributed by atoms with Crippen molar-refractivity contribution in [3.8, 4) is 11.1 Å². The van der Waals surface area contributed by atoms with E-state index in [-0.39, 0.29) is 31.6 Å². The molecule has 2 N–H and O–H groups in total. The predicted octanol–water partition coefficient (Wildman–Crippen LogP) is 2.32. The van der Waals surface area contributed by atoms with Crippen LogP contribution in [0.25, 0.3) is 11.1 Å². The molecule has 2 aromatic rings. The molecule has 9 heteroatoms. The Hall–Kier alpha value is -3.01. The number of aliphatic hydroxyl groups is 1. The van der Waals surface area contributed by atoms with Crippen LogP contribution < -0.4 is 10.2 Å². The summed E-state index contributed by atoms with van der Waals surface area (Å²) in [6, 6.07) is 12.0. The standard InChI is InChI=1S/C24H28FN3O5/c1-16(30)26-13-20-14-28(24(31)33-20)19-6-7-21(22(25)12-19)17-2-4-18(5-3-17)23(15-29)27-8-10-32-11-9-27/h2-7,12,20,23,29H,8-11,13-15H2,1H3,(H,26,30). The van der Waals surface area contributed by atoms with Crippen LogP contribution in [0.1, 0.15) is 18.5 Å². The molecule has 0 spiro atoms. The van der Waals surface area contributed by atoms with Gasteiger partial charge in [-0.1, -0.05) is 24.3 Å². The van der Waals surface area contributed by atoms with E-state index in [0.29, 0.717) is 30.0 Å². The van der Waals surface area contributed by atoms with Crippen LogP contribution in [0.5, 0.6) is 0 Å². The van der Waals surface area contributed by atoms with Gasteiger partial charge in [-0.25, -0.2) is 9.18 Å². The molecule has 4 rings (SSSR count). The van der Waals surface area contributed by atoms with Gasteiger partial charge in [0.2, 0.25) is 5.91 Å². The van der Waals surface area contributed by atoms with Crippen molar-refractivity contribution in [3.63, 3.8) is 0 Å². The number of nitrogens with zero attached hydrogens (tertiary/aromatic N) is 2. The van der Waals surface area contributed by atoms with E-state index in [1.54, 1.807) is 12.1 Å². The summed E-state index contributed by atoms with van der Waals surface area (Å²) in [5.74, 6) is -0.661. The highest BCUT2D eigenvalue weighted by Crippen LogP contribution is 2.30. The van der Waals surface area contributed by atoms with Crippen LogP contribution in [0.15, 0.2) is 42.5 Å². The molecule has 2 aromatic carbocycles. The van der Waals surface area contributed by atoms with E-state index >= 15 is 0 Å². The highest BCUT2D eigenvalue weighted by molar-refractivity contribution is 5.90. The van der Waals surface area contributed by atoms with Crippen molar-refractivity contribution in [1.82, 2.24) is 10.2 Å². The van der Waals surface area contributed by atoms with Crippen LogP contribution in [-0.4, -0.2) is 74.1 Å². The molecule has 176 valence electrons. The Balaban J connectivity index is 1.47. The lowest BCUT2D eigenvalue weighted by atomic mass is 9.99. The van der Waals surface area contributed by atoms with Gasteiger partial charge in [0.25, 0.3) is 0 Å². The summed E-state index contributed by atoms with van der Waals surface area (Å²) in [6.07, 6.45) is -1.05. The van der Waals surface area contributed by atoms with E-state index in [2.05, 4.69) is 10.2 Å². The molecule has 2 unspecified atom stereocenters. The number of nitrogens with one attached hydrogen (secondary N) is 1. The Morgan fingerprint density at radius 1 is 1.21 bits per heavy atom. The van der Waals surface area contributed by atoms with Crippen LogP contribution in [-0.2, 0) is 14.3 Å². The largest absolute Gasteiger partial charge is 0.442 e. The van der Waals surface area contributed by atoms with Gasteiger partial charge in [0.15, 0.2) is 0 Å².